The van der Waals surface area contributed by atoms with Gasteiger partial charge >= 0.3 is 5.97 Å². The Kier molecular flexibility index (Phi) is 6.32. The number of likely N-dealkylation sites (N-methyl/N-ethyl adjacent to an activating group) is 1. The van der Waals surface area contributed by atoms with Crippen LogP contribution in [0.3, 0.4) is 0 Å². The van der Waals surface area contributed by atoms with Crippen molar-refractivity contribution in [2.24, 2.45) is 5.92 Å². The van der Waals surface area contributed by atoms with Crippen LogP contribution in [0, 0.1) is 5.92 Å². The molecule has 1 spiro atoms. The first kappa shape index (κ1) is 24.9. The summed E-state index contributed by atoms with van der Waals surface area (Å²) in [6, 6.07) is 6.14. The number of carbonyl (C=O) groups excluding carboxylic acids is 2. The van der Waals surface area contributed by atoms with Gasteiger partial charge in [-0.15, -0.1) is 17.9 Å². The molecule has 1 aromatic heterocycles. The topological polar surface area (TPSA) is 59.1 Å². The fraction of sp³-hybridized carbons (Fsp3) is 0.448. The van der Waals surface area contributed by atoms with Crippen molar-refractivity contribution in [2.45, 2.75) is 56.2 Å². The zero-order chi connectivity index (χ0) is 25.9. The molecule has 0 N–H and O–H groups in total. The number of halogens is 1. The van der Waals surface area contributed by atoms with Crippen molar-refractivity contribution in [2.75, 3.05) is 20.1 Å². The standard InChI is InChI=1S/C29H31BrN2O4S/c1-4-12-32-13-11-29-21-6-7-22(31(3)26(34)10-5-19-14-18(30)16-37-19)28(29)36-25-9-8-24(35-17(2)33)20(27(25)29)15-23(21)32/h4-5,8-10,14,16,21-23,28H,1,6-7,11-13,15H2,2-3H3/b10-5+/t21-,22-,23+,28-,29-/m0/s1. The van der Waals surface area contributed by atoms with Crippen LogP contribution in [0.4, 0.5) is 0 Å². The summed E-state index contributed by atoms with van der Waals surface area (Å²) < 4.78 is 13.5. The summed E-state index contributed by atoms with van der Waals surface area (Å²) in [6.45, 7) is 7.25. The number of nitrogens with zero attached hydrogens (tertiary/aromatic N) is 2. The minimum atomic E-state index is -0.309. The average Bonchev–Trinajstić information content (AvgIpc) is 3.44. The molecule has 37 heavy (non-hydrogen) atoms. The van der Waals surface area contributed by atoms with Crippen molar-refractivity contribution >= 4 is 45.2 Å². The first-order valence-corrected chi connectivity index (χ1v) is 14.6. The fourth-order valence-corrected chi connectivity index (χ4v) is 8.82. The molecular weight excluding hydrogens is 552 g/mol. The Bertz CT molecular complexity index is 1300. The summed E-state index contributed by atoms with van der Waals surface area (Å²) in [5.74, 6) is 1.64. The van der Waals surface area contributed by atoms with E-state index in [9.17, 15) is 9.59 Å². The maximum absolute atomic E-state index is 13.3. The molecule has 194 valence electrons. The Labute approximate surface area is 230 Å². The van der Waals surface area contributed by atoms with E-state index in [0.29, 0.717) is 17.7 Å². The number of rotatable bonds is 6. The van der Waals surface area contributed by atoms with Crippen LogP contribution in [-0.2, 0) is 21.4 Å². The van der Waals surface area contributed by atoms with Crippen molar-refractivity contribution < 1.29 is 19.1 Å². The maximum atomic E-state index is 13.3. The molecule has 8 heteroatoms. The first-order chi connectivity index (χ1) is 17.8. The predicted octanol–water partition coefficient (Wildman–Crippen LogP) is 5.20. The highest BCUT2D eigenvalue weighted by atomic mass is 79.9. The van der Waals surface area contributed by atoms with Crippen LogP contribution < -0.4 is 9.47 Å². The van der Waals surface area contributed by atoms with Crippen LogP contribution in [0.25, 0.3) is 6.08 Å². The molecule has 6 rings (SSSR count). The Balaban J connectivity index is 1.38. The van der Waals surface area contributed by atoms with E-state index < -0.39 is 0 Å². The maximum Gasteiger partial charge on any atom is 0.308 e. The third-order valence-corrected chi connectivity index (χ3v) is 10.5. The third-order valence-electron chi connectivity index (χ3n) is 8.84. The summed E-state index contributed by atoms with van der Waals surface area (Å²) in [4.78, 5) is 30.7. The second-order valence-corrected chi connectivity index (χ2v) is 12.5. The molecule has 5 atom stereocenters. The predicted molar refractivity (Wildman–Crippen MR) is 148 cm³/mol. The second-order valence-electron chi connectivity index (χ2n) is 10.6. The number of piperidine rings is 1. The molecule has 0 unspecified atom stereocenters. The van der Waals surface area contributed by atoms with Crippen LogP contribution in [0.2, 0.25) is 0 Å². The molecular formula is C29H31BrN2O4S. The van der Waals surface area contributed by atoms with Gasteiger partial charge in [0.2, 0.25) is 5.91 Å². The lowest BCUT2D eigenvalue weighted by atomic mass is 9.51. The van der Waals surface area contributed by atoms with Crippen LogP contribution in [0.5, 0.6) is 11.5 Å². The monoisotopic (exact) mass is 582 g/mol. The van der Waals surface area contributed by atoms with E-state index in [1.54, 1.807) is 17.4 Å². The number of amides is 1. The highest BCUT2D eigenvalue weighted by molar-refractivity contribution is 9.10. The molecule has 1 amide bonds. The average molecular weight is 584 g/mol. The van der Waals surface area contributed by atoms with Gasteiger partial charge in [-0.1, -0.05) is 6.08 Å². The zero-order valence-corrected chi connectivity index (χ0v) is 23.5. The van der Waals surface area contributed by atoms with Gasteiger partial charge in [0.05, 0.1) is 6.04 Å². The lowest BCUT2D eigenvalue weighted by Gasteiger charge is -2.60. The minimum absolute atomic E-state index is 0.0128. The highest BCUT2D eigenvalue weighted by Crippen LogP contribution is 2.63. The Morgan fingerprint density at radius 1 is 1.38 bits per heavy atom. The molecule has 6 nitrogen and oxygen atoms in total. The molecule has 2 aliphatic carbocycles. The molecule has 1 saturated carbocycles. The number of thiophene rings is 1. The smallest absolute Gasteiger partial charge is 0.308 e. The normalized spacial score (nSPS) is 29.5. The molecule has 2 aromatic rings. The molecule has 4 aliphatic rings. The highest BCUT2D eigenvalue weighted by Gasteiger charge is 2.66. The van der Waals surface area contributed by atoms with Crippen molar-refractivity contribution in [1.82, 2.24) is 9.80 Å². The second kappa shape index (κ2) is 9.40. The quantitative estimate of drug-likeness (QED) is 0.203. The first-order valence-electron chi connectivity index (χ1n) is 12.9. The number of likely N-dealkylation sites (tertiary alicyclic amines) is 1. The van der Waals surface area contributed by atoms with Crippen LogP contribution in [0.1, 0.15) is 42.2 Å². The number of ether oxygens (including phenoxy) is 2. The SMILES string of the molecule is C=CCN1CC[C@@]23c4c5ccc(OC(C)=O)c4C[C@@H]1[C@@H]2CC[C@H](N(C)C(=O)/C=C/c1cc(Br)cs1)[C@@H]3O5. The van der Waals surface area contributed by atoms with Gasteiger partial charge in [-0.05, 0) is 78.4 Å². The van der Waals surface area contributed by atoms with Crippen LogP contribution in [0.15, 0.2) is 46.8 Å². The van der Waals surface area contributed by atoms with Crippen LogP contribution >= 0.6 is 27.3 Å². The van der Waals surface area contributed by atoms with E-state index in [0.717, 1.165) is 59.4 Å². The Hall–Kier alpha value is -2.42. The van der Waals surface area contributed by atoms with Crippen molar-refractivity contribution in [3.8, 4) is 11.5 Å². The minimum Gasteiger partial charge on any atom is -0.487 e. The number of benzene rings is 1. The van der Waals surface area contributed by atoms with E-state index in [1.165, 1.54) is 12.5 Å². The molecule has 3 heterocycles. The third kappa shape index (κ3) is 3.91. The van der Waals surface area contributed by atoms with Gasteiger partial charge < -0.3 is 14.4 Å². The van der Waals surface area contributed by atoms with Gasteiger partial charge in [-0.25, -0.2) is 0 Å². The lowest BCUT2D eigenvalue weighted by Crippen LogP contribution is -2.68. The van der Waals surface area contributed by atoms with Gasteiger partial charge in [0, 0.05) is 63.9 Å². The Morgan fingerprint density at radius 2 is 2.22 bits per heavy atom. The van der Waals surface area contributed by atoms with Crippen molar-refractivity contribution in [3.63, 3.8) is 0 Å². The molecule has 0 radical (unpaired) electrons. The fourth-order valence-electron chi connectivity index (χ4n) is 7.49. The van der Waals surface area contributed by atoms with Crippen LogP contribution in [-0.4, -0.2) is 60.0 Å². The number of esters is 1. The molecule has 1 saturated heterocycles. The largest absolute Gasteiger partial charge is 0.487 e. The van der Waals surface area contributed by atoms with Crippen molar-refractivity contribution in [1.29, 1.82) is 0 Å². The number of carbonyl (C=O) groups is 2. The number of hydrogen-bond donors (Lipinski definition) is 0. The number of hydrogen-bond acceptors (Lipinski definition) is 6. The Morgan fingerprint density at radius 3 is 2.95 bits per heavy atom. The van der Waals surface area contributed by atoms with Gasteiger partial charge in [0.1, 0.15) is 17.6 Å². The van der Waals surface area contributed by atoms with E-state index >= 15 is 0 Å². The molecule has 2 fully saturated rings. The lowest BCUT2D eigenvalue weighted by molar-refractivity contribution is -0.135. The van der Waals surface area contributed by atoms with Gasteiger partial charge in [-0.3, -0.25) is 14.5 Å². The van der Waals surface area contributed by atoms with E-state index in [2.05, 4.69) is 27.4 Å². The summed E-state index contributed by atoms with van der Waals surface area (Å²) in [5, 5.41) is 2.01. The van der Waals surface area contributed by atoms with E-state index in [4.69, 9.17) is 9.47 Å². The van der Waals surface area contributed by atoms with Gasteiger partial charge in [-0.2, -0.15) is 0 Å². The molecule has 2 bridgehead atoms. The molecule has 1 aromatic carbocycles. The summed E-state index contributed by atoms with van der Waals surface area (Å²) in [5.41, 5.74) is 2.13. The van der Waals surface area contributed by atoms with Crippen molar-refractivity contribution in [3.05, 3.63) is 62.8 Å². The molecule has 2 aliphatic heterocycles. The van der Waals surface area contributed by atoms with Gasteiger partial charge in [0.25, 0.3) is 0 Å². The van der Waals surface area contributed by atoms with E-state index in [-0.39, 0.29) is 29.4 Å². The zero-order valence-electron chi connectivity index (χ0n) is 21.1. The van der Waals surface area contributed by atoms with E-state index in [1.807, 2.05) is 47.7 Å². The summed E-state index contributed by atoms with van der Waals surface area (Å²) >= 11 is 5.08. The van der Waals surface area contributed by atoms with Gasteiger partial charge in [0.15, 0.2) is 0 Å². The summed E-state index contributed by atoms with van der Waals surface area (Å²) in [6.07, 6.45) is 9.13. The summed E-state index contributed by atoms with van der Waals surface area (Å²) in [7, 11) is 1.91.